The van der Waals surface area contributed by atoms with Crippen LogP contribution in [0.5, 0.6) is 5.88 Å². The Balaban J connectivity index is 1.73. The van der Waals surface area contributed by atoms with Gasteiger partial charge in [0, 0.05) is 24.8 Å². The Morgan fingerprint density at radius 2 is 2.09 bits per heavy atom. The van der Waals surface area contributed by atoms with Gasteiger partial charge in [0.1, 0.15) is 6.10 Å². The van der Waals surface area contributed by atoms with Crippen molar-refractivity contribution in [3.05, 3.63) is 30.6 Å². The lowest BCUT2D eigenvalue weighted by molar-refractivity contribution is 0.0850. The van der Waals surface area contributed by atoms with Crippen molar-refractivity contribution >= 4 is 5.52 Å². The third kappa shape index (κ3) is 2.44. The highest BCUT2D eigenvalue weighted by Crippen LogP contribution is 2.30. The van der Waals surface area contributed by atoms with Crippen LogP contribution in [-0.2, 0) is 7.05 Å². The van der Waals surface area contributed by atoms with Crippen molar-refractivity contribution in [2.24, 2.45) is 7.05 Å². The summed E-state index contributed by atoms with van der Waals surface area (Å²) in [6.45, 7) is 0. The molecule has 4 rings (SSSR count). The molecule has 3 heterocycles. The third-order valence-electron chi connectivity index (χ3n) is 4.20. The number of nitrogens with zero attached hydrogens (tertiary/aromatic N) is 5. The van der Waals surface area contributed by atoms with Crippen molar-refractivity contribution in [2.45, 2.75) is 25.0 Å². The number of halogens is 1. The molecular weight excluding hydrogens is 299 g/mol. The maximum Gasteiger partial charge on any atom is 0.244 e. The Bertz CT molecular complexity index is 851. The smallest absolute Gasteiger partial charge is 0.244 e. The van der Waals surface area contributed by atoms with Crippen LogP contribution in [0.3, 0.4) is 0 Å². The van der Waals surface area contributed by atoms with E-state index in [9.17, 15) is 4.39 Å². The molecule has 1 aliphatic carbocycles. The quantitative estimate of drug-likeness (QED) is 0.788. The van der Waals surface area contributed by atoms with Gasteiger partial charge < -0.3 is 10.1 Å². The highest BCUT2D eigenvalue weighted by Gasteiger charge is 2.31. The van der Waals surface area contributed by atoms with Crippen LogP contribution >= 0.6 is 0 Å². The summed E-state index contributed by atoms with van der Waals surface area (Å²) >= 11 is 0. The summed E-state index contributed by atoms with van der Waals surface area (Å²) in [6.07, 6.45) is 8.22. The molecule has 0 radical (unpaired) electrons. The van der Waals surface area contributed by atoms with E-state index in [0.717, 1.165) is 18.4 Å². The molecule has 0 unspecified atom stereocenters. The van der Waals surface area contributed by atoms with Crippen molar-refractivity contribution in [1.82, 2.24) is 29.7 Å². The maximum atomic E-state index is 14.0. The SMILES string of the molecule is CN[C@H]1C[C@@H](Oc2nc(-c3cnn(C)c3)cn3ncc(F)c23)C1. The summed E-state index contributed by atoms with van der Waals surface area (Å²) in [5.74, 6) is -0.157. The molecule has 3 aromatic rings. The van der Waals surface area contributed by atoms with Gasteiger partial charge in [0.05, 0.1) is 24.3 Å². The Morgan fingerprint density at radius 3 is 2.78 bits per heavy atom. The molecule has 23 heavy (non-hydrogen) atoms. The lowest BCUT2D eigenvalue weighted by Crippen LogP contribution is -2.45. The van der Waals surface area contributed by atoms with Gasteiger partial charge in [-0.3, -0.25) is 4.68 Å². The van der Waals surface area contributed by atoms with E-state index >= 15 is 0 Å². The van der Waals surface area contributed by atoms with E-state index < -0.39 is 5.82 Å². The minimum Gasteiger partial charge on any atom is -0.473 e. The van der Waals surface area contributed by atoms with Gasteiger partial charge in [-0.05, 0) is 19.9 Å². The molecule has 0 aliphatic heterocycles. The lowest BCUT2D eigenvalue weighted by atomic mass is 9.89. The van der Waals surface area contributed by atoms with E-state index in [1.807, 2.05) is 20.3 Å². The first kappa shape index (κ1) is 14.1. The van der Waals surface area contributed by atoms with Gasteiger partial charge in [0.25, 0.3) is 0 Å². The Hall–Kier alpha value is -2.48. The molecule has 0 bridgehead atoms. The summed E-state index contributed by atoms with van der Waals surface area (Å²) in [4.78, 5) is 4.49. The van der Waals surface area contributed by atoms with Gasteiger partial charge in [-0.25, -0.2) is 13.9 Å². The zero-order valence-corrected chi connectivity index (χ0v) is 12.9. The van der Waals surface area contributed by atoms with Crippen molar-refractivity contribution in [3.8, 4) is 17.1 Å². The molecule has 0 saturated heterocycles. The van der Waals surface area contributed by atoms with E-state index in [1.165, 1.54) is 10.7 Å². The van der Waals surface area contributed by atoms with Gasteiger partial charge >= 0.3 is 0 Å². The molecular formula is C15H17FN6O. The minimum absolute atomic E-state index is 0.0437. The first-order valence-corrected chi connectivity index (χ1v) is 7.51. The fourth-order valence-electron chi connectivity index (χ4n) is 2.78. The average molecular weight is 316 g/mol. The number of nitrogens with one attached hydrogen (secondary N) is 1. The summed E-state index contributed by atoms with van der Waals surface area (Å²) in [5, 5.41) is 11.4. The molecule has 1 saturated carbocycles. The molecule has 1 aliphatic rings. The molecule has 0 amide bonds. The normalized spacial score (nSPS) is 20.7. The number of hydrogen-bond acceptors (Lipinski definition) is 5. The maximum absolute atomic E-state index is 14.0. The van der Waals surface area contributed by atoms with Gasteiger partial charge in [-0.2, -0.15) is 10.2 Å². The van der Waals surface area contributed by atoms with Crippen LogP contribution in [0.4, 0.5) is 4.39 Å². The average Bonchev–Trinajstić information content (AvgIpc) is 3.09. The Labute approximate surface area is 132 Å². The monoisotopic (exact) mass is 316 g/mol. The predicted molar refractivity (Wildman–Crippen MR) is 81.6 cm³/mol. The first-order valence-electron chi connectivity index (χ1n) is 7.51. The zero-order valence-electron chi connectivity index (χ0n) is 12.9. The zero-order chi connectivity index (χ0) is 16.0. The second-order valence-electron chi connectivity index (χ2n) is 5.82. The second-order valence-corrected chi connectivity index (χ2v) is 5.82. The number of fused-ring (bicyclic) bond motifs is 1. The van der Waals surface area contributed by atoms with Crippen molar-refractivity contribution in [3.63, 3.8) is 0 Å². The number of hydrogen-bond donors (Lipinski definition) is 1. The van der Waals surface area contributed by atoms with Crippen LogP contribution in [0.15, 0.2) is 24.8 Å². The number of aromatic nitrogens is 5. The van der Waals surface area contributed by atoms with Crippen LogP contribution in [0, 0.1) is 5.82 Å². The van der Waals surface area contributed by atoms with Gasteiger partial charge in [0.15, 0.2) is 11.3 Å². The molecule has 3 aromatic heterocycles. The molecule has 0 spiro atoms. The van der Waals surface area contributed by atoms with Crippen molar-refractivity contribution in [1.29, 1.82) is 0 Å². The standard InChI is InChI=1S/C15H17FN6O/c1-17-10-3-11(4-10)23-15-14-12(16)6-19-22(14)8-13(20-15)9-5-18-21(2)7-9/h5-8,10-11,17H,3-4H2,1-2H3/t10-,11+. The minimum atomic E-state index is -0.435. The Morgan fingerprint density at radius 1 is 1.26 bits per heavy atom. The number of ether oxygens (including phenoxy) is 1. The number of aryl methyl sites for hydroxylation is 1. The largest absolute Gasteiger partial charge is 0.473 e. The van der Waals surface area contributed by atoms with Gasteiger partial charge in [-0.1, -0.05) is 0 Å². The summed E-state index contributed by atoms with van der Waals surface area (Å²) in [5.41, 5.74) is 1.75. The number of rotatable bonds is 4. The lowest BCUT2D eigenvalue weighted by Gasteiger charge is -2.34. The van der Waals surface area contributed by atoms with E-state index in [2.05, 4.69) is 20.5 Å². The van der Waals surface area contributed by atoms with Crippen LogP contribution < -0.4 is 10.1 Å². The third-order valence-corrected chi connectivity index (χ3v) is 4.20. The first-order chi connectivity index (χ1) is 11.1. The van der Waals surface area contributed by atoms with Crippen LogP contribution in [0.2, 0.25) is 0 Å². The molecule has 1 N–H and O–H groups in total. The van der Waals surface area contributed by atoms with E-state index in [-0.39, 0.29) is 17.5 Å². The highest BCUT2D eigenvalue weighted by atomic mass is 19.1. The molecule has 0 atom stereocenters. The predicted octanol–water partition coefficient (Wildman–Crippen LogP) is 1.40. The summed E-state index contributed by atoms with van der Waals surface area (Å²) in [6, 6.07) is 0.451. The van der Waals surface area contributed by atoms with Gasteiger partial charge in [-0.15, -0.1) is 0 Å². The van der Waals surface area contributed by atoms with Crippen LogP contribution in [0.25, 0.3) is 16.8 Å². The second kappa shape index (κ2) is 5.31. The van der Waals surface area contributed by atoms with Crippen molar-refractivity contribution < 1.29 is 9.13 Å². The fourth-order valence-corrected chi connectivity index (χ4v) is 2.78. The topological polar surface area (TPSA) is 69.3 Å². The van der Waals surface area contributed by atoms with Crippen LogP contribution in [-0.4, -0.2) is 43.6 Å². The fraction of sp³-hybridized carbons (Fsp3) is 0.400. The van der Waals surface area contributed by atoms with Crippen LogP contribution in [0.1, 0.15) is 12.8 Å². The van der Waals surface area contributed by atoms with E-state index in [1.54, 1.807) is 17.1 Å². The summed E-state index contributed by atoms with van der Waals surface area (Å²) < 4.78 is 23.1. The van der Waals surface area contributed by atoms with Crippen molar-refractivity contribution in [2.75, 3.05) is 7.05 Å². The Kier molecular flexibility index (Phi) is 3.26. The molecule has 8 heteroatoms. The van der Waals surface area contributed by atoms with Gasteiger partial charge in [0.2, 0.25) is 5.88 Å². The summed E-state index contributed by atoms with van der Waals surface area (Å²) in [7, 11) is 3.76. The molecule has 120 valence electrons. The molecule has 1 fully saturated rings. The van der Waals surface area contributed by atoms with E-state index in [4.69, 9.17) is 4.74 Å². The highest BCUT2D eigenvalue weighted by molar-refractivity contribution is 5.64. The van der Waals surface area contributed by atoms with E-state index in [0.29, 0.717) is 11.7 Å². The molecule has 7 nitrogen and oxygen atoms in total. The molecule has 0 aromatic carbocycles.